The summed E-state index contributed by atoms with van der Waals surface area (Å²) in [6.07, 6.45) is 3.00. The molecule has 1 fully saturated rings. The van der Waals surface area contributed by atoms with Gasteiger partial charge in [-0.1, -0.05) is 29.5 Å². The molecule has 1 amide bonds. The Balaban J connectivity index is 1.33. The van der Waals surface area contributed by atoms with Gasteiger partial charge >= 0.3 is 0 Å². The van der Waals surface area contributed by atoms with E-state index in [9.17, 15) is 9.90 Å². The standard InChI is InChI=1S/C24H20FN5O4S/c25-16-6-2-1-5-15(16)19(28-9-11-29(12-10-28)22(31)18-8-4-14-34-18)20-23(32)30-24(35-20)26-21(27-30)17-7-3-13-33-17/h1-8,13-14,19,32H,9-12H2. The van der Waals surface area contributed by atoms with Crippen LogP contribution in [0.5, 0.6) is 5.88 Å². The number of hydrogen-bond donors (Lipinski definition) is 1. The number of piperazine rings is 1. The summed E-state index contributed by atoms with van der Waals surface area (Å²) in [4.78, 5) is 21.9. The van der Waals surface area contributed by atoms with Crippen LogP contribution in [0.4, 0.5) is 4.39 Å². The monoisotopic (exact) mass is 493 g/mol. The van der Waals surface area contributed by atoms with Crippen molar-refractivity contribution in [1.82, 2.24) is 24.4 Å². The highest BCUT2D eigenvalue weighted by molar-refractivity contribution is 7.17. The summed E-state index contributed by atoms with van der Waals surface area (Å²) < 4.78 is 27.0. The molecular formula is C24H20FN5O4S. The number of thiazole rings is 1. The highest BCUT2D eigenvalue weighted by Crippen LogP contribution is 2.41. The molecule has 1 aromatic carbocycles. The third kappa shape index (κ3) is 3.78. The van der Waals surface area contributed by atoms with Gasteiger partial charge in [0, 0.05) is 31.7 Å². The fourth-order valence-electron chi connectivity index (χ4n) is 4.38. The van der Waals surface area contributed by atoms with Crippen molar-refractivity contribution in [2.75, 3.05) is 26.2 Å². The van der Waals surface area contributed by atoms with Crippen LogP contribution >= 0.6 is 11.3 Å². The molecule has 1 aliphatic rings. The maximum Gasteiger partial charge on any atom is 0.289 e. The third-order valence-electron chi connectivity index (χ3n) is 6.09. The molecule has 0 saturated carbocycles. The lowest BCUT2D eigenvalue weighted by Crippen LogP contribution is -2.49. The van der Waals surface area contributed by atoms with Crippen LogP contribution in [0, 0.1) is 5.82 Å². The summed E-state index contributed by atoms with van der Waals surface area (Å²) in [6.45, 7) is 1.84. The SMILES string of the molecule is O=C(c1ccco1)N1CCN(C(c2ccccc2F)c2sc3nc(-c4ccco4)nn3c2O)CC1. The maximum absolute atomic E-state index is 15.0. The van der Waals surface area contributed by atoms with Crippen LogP contribution in [0.3, 0.4) is 0 Å². The summed E-state index contributed by atoms with van der Waals surface area (Å²) in [7, 11) is 0. The molecular weight excluding hydrogens is 473 g/mol. The first-order valence-electron chi connectivity index (χ1n) is 11.0. The molecule has 5 heterocycles. The Morgan fingerprint density at radius 2 is 1.80 bits per heavy atom. The van der Waals surface area contributed by atoms with Crippen LogP contribution in [-0.2, 0) is 0 Å². The zero-order valence-corrected chi connectivity index (χ0v) is 19.2. The highest BCUT2D eigenvalue weighted by Gasteiger charge is 2.34. The minimum atomic E-state index is -0.572. The van der Waals surface area contributed by atoms with Gasteiger partial charge < -0.3 is 18.8 Å². The molecule has 0 bridgehead atoms. The van der Waals surface area contributed by atoms with E-state index in [4.69, 9.17) is 8.83 Å². The molecule has 5 aromatic rings. The molecule has 9 nitrogen and oxygen atoms in total. The van der Waals surface area contributed by atoms with Gasteiger partial charge in [-0.2, -0.15) is 9.50 Å². The lowest BCUT2D eigenvalue weighted by Gasteiger charge is -2.38. The molecule has 1 unspecified atom stereocenters. The van der Waals surface area contributed by atoms with Gasteiger partial charge in [0.1, 0.15) is 5.82 Å². The number of hydrogen-bond acceptors (Lipinski definition) is 8. The van der Waals surface area contributed by atoms with Crippen molar-refractivity contribution in [2.24, 2.45) is 0 Å². The summed E-state index contributed by atoms with van der Waals surface area (Å²) in [6, 6.07) is 12.7. The van der Waals surface area contributed by atoms with E-state index in [-0.39, 0.29) is 17.6 Å². The number of carbonyl (C=O) groups excluding carboxylic acids is 1. The Hall–Kier alpha value is -3.96. The zero-order chi connectivity index (χ0) is 23.9. The van der Waals surface area contributed by atoms with E-state index >= 15 is 4.39 Å². The van der Waals surface area contributed by atoms with Crippen molar-refractivity contribution in [3.63, 3.8) is 0 Å². The predicted molar refractivity (Wildman–Crippen MR) is 125 cm³/mol. The molecule has 0 radical (unpaired) electrons. The summed E-state index contributed by atoms with van der Waals surface area (Å²) in [5, 5.41) is 15.5. The quantitative estimate of drug-likeness (QED) is 0.394. The van der Waals surface area contributed by atoms with E-state index in [1.54, 1.807) is 47.4 Å². The van der Waals surface area contributed by atoms with Gasteiger partial charge in [-0.3, -0.25) is 9.69 Å². The number of aromatic nitrogens is 3. The second-order valence-electron chi connectivity index (χ2n) is 8.13. The van der Waals surface area contributed by atoms with Gasteiger partial charge in [-0.05, 0) is 30.3 Å². The van der Waals surface area contributed by atoms with Crippen molar-refractivity contribution in [3.05, 3.63) is 83.1 Å². The Morgan fingerprint density at radius 1 is 1.03 bits per heavy atom. The average molecular weight is 494 g/mol. The van der Waals surface area contributed by atoms with Gasteiger partial charge in [-0.15, -0.1) is 5.10 Å². The van der Waals surface area contributed by atoms with E-state index in [2.05, 4.69) is 15.0 Å². The van der Waals surface area contributed by atoms with E-state index in [0.29, 0.717) is 58.9 Å². The minimum absolute atomic E-state index is 0.0994. The highest BCUT2D eigenvalue weighted by atomic mass is 32.1. The van der Waals surface area contributed by atoms with Crippen LogP contribution in [0.2, 0.25) is 0 Å². The minimum Gasteiger partial charge on any atom is -0.492 e. The van der Waals surface area contributed by atoms with E-state index in [0.717, 1.165) is 0 Å². The number of carbonyl (C=O) groups is 1. The summed E-state index contributed by atoms with van der Waals surface area (Å²) >= 11 is 1.25. The van der Waals surface area contributed by atoms with Gasteiger partial charge in [0.2, 0.25) is 16.7 Å². The molecule has 1 atom stereocenters. The molecule has 0 spiro atoms. The zero-order valence-electron chi connectivity index (χ0n) is 18.4. The van der Waals surface area contributed by atoms with Crippen LogP contribution in [0.25, 0.3) is 16.5 Å². The molecule has 35 heavy (non-hydrogen) atoms. The topological polar surface area (TPSA) is 100 Å². The maximum atomic E-state index is 15.0. The normalized spacial score (nSPS) is 15.6. The van der Waals surface area contributed by atoms with Crippen molar-refractivity contribution in [1.29, 1.82) is 0 Å². The fourth-order valence-corrected chi connectivity index (χ4v) is 5.49. The lowest BCUT2D eigenvalue weighted by atomic mass is 10.0. The lowest BCUT2D eigenvalue weighted by molar-refractivity contribution is 0.0565. The molecule has 0 aliphatic carbocycles. The number of halogens is 1. The fraction of sp³-hybridized carbons (Fsp3) is 0.208. The van der Waals surface area contributed by atoms with Gasteiger partial charge in [0.15, 0.2) is 11.5 Å². The number of fused-ring (bicyclic) bond motifs is 1. The molecule has 1 saturated heterocycles. The Bertz CT molecular complexity index is 1470. The van der Waals surface area contributed by atoms with E-state index < -0.39 is 6.04 Å². The van der Waals surface area contributed by atoms with Crippen LogP contribution < -0.4 is 0 Å². The summed E-state index contributed by atoms with van der Waals surface area (Å²) in [5.74, 6) is 0.489. The second kappa shape index (κ2) is 8.67. The number of rotatable bonds is 5. The van der Waals surface area contributed by atoms with Crippen LogP contribution in [0.1, 0.15) is 27.0 Å². The predicted octanol–water partition coefficient (Wildman–Crippen LogP) is 4.04. The van der Waals surface area contributed by atoms with E-state index in [1.165, 1.54) is 34.4 Å². The second-order valence-corrected chi connectivity index (χ2v) is 9.14. The molecule has 1 aliphatic heterocycles. The number of amides is 1. The average Bonchev–Trinajstić information content (AvgIpc) is 3.68. The summed E-state index contributed by atoms with van der Waals surface area (Å²) in [5.41, 5.74) is 0.435. The number of aromatic hydroxyl groups is 1. The molecule has 11 heteroatoms. The van der Waals surface area contributed by atoms with Crippen molar-refractivity contribution in [2.45, 2.75) is 6.04 Å². The number of furan rings is 2. The van der Waals surface area contributed by atoms with Gasteiger partial charge in [-0.25, -0.2) is 4.39 Å². The van der Waals surface area contributed by atoms with Crippen molar-refractivity contribution in [3.8, 4) is 17.5 Å². The third-order valence-corrected chi connectivity index (χ3v) is 7.16. The molecule has 1 N–H and O–H groups in total. The first kappa shape index (κ1) is 21.6. The van der Waals surface area contributed by atoms with Gasteiger partial charge in [0.05, 0.1) is 23.4 Å². The number of benzene rings is 1. The van der Waals surface area contributed by atoms with Crippen molar-refractivity contribution < 1.29 is 23.1 Å². The van der Waals surface area contributed by atoms with E-state index in [1.807, 2.05) is 0 Å². The first-order chi connectivity index (χ1) is 17.1. The smallest absolute Gasteiger partial charge is 0.289 e. The van der Waals surface area contributed by atoms with Gasteiger partial charge in [0.25, 0.3) is 5.91 Å². The Morgan fingerprint density at radius 3 is 2.49 bits per heavy atom. The van der Waals surface area contributed by atoms with Crippen LogP contribution in [0.15, 0.2) is 69.9 Å². The molecule has 6 rings (SSSR count). The molecule has 178 valence electrons. The first-order valence-corrected chi connectivity index (χ1v) is 11.9. The number of nitrogens with zero attached hydrogens (tertiary/aromatic N) is 5. The largest absolute Gasteiger partial charge is 0.492 e. The van der Waals surface area contributed by atoms with Crippen LogP contribution in [-0.4, -0.2) is 61.6 Å². The Labute approximate surface area is 202 Å². The molecule has 4 aromatic heterocycles. The Kier molecular flexibility index (Phi) is 5.34. The van der Waals surface area contributed by atoms with Crippen molar-refractivity contribution >= 4 is 22.2 Å².